The molecule has 0 bridgehead atoms. The molecule has 1 saturated carbocycles. The number of hydrogen-bond acceptors (Lipinski definition) is 3. The van der Waals surface area contributed by atoms with E-state index >= 15 is 0 Å². The quantitative estimate of drug-likeness (QED) is 0.685. The van der Waals surface area contributed by atoms with Gasteiger partial charge >= 0.3 is 0 Å². The van der Waals surface area contributed by atoms with E-state index < -0.39 is 0 Å². The van der Waals surface area contributed by atoms with Gasteiger partial charge in [-0.3, -0.25) is 4.79 Å². The van der Waals surface area contributed by atoms with Gasteiger partial charge in [-0.05, 0) is 48.2 Å². The van der Waals surface area contributed by atoms with Crippen molar-refractivity contribution in [2.24, 2.45) is 5.92 Å². The first-order valence-electron chi connectivity index (χ1n) is 8.80. The topological polar surface area (TPSA) is 41.6 Å². The van der Waals surface area contributed by atoms with Gasteiger partial charge in [0.1, 0.15) is 0 Å². The number of anilines is 2. The Kier molecular flexibility index (Phi) is 5.34. The van der Waals surface area contributed by atoms with Gasteiger partial charge in [0, 0.05) is 28.0 Å². The van der Waals surface area contributed by atoms with Crippen molar-refractivity contribution in [3.05, 3.63) is 57.0 Å². The van der Waals surface area contributed by atoms with E-state index in [1.807, 2.05) is 24.3 Å². The highest BCUT2D eigenvalue weighted by Crippen LogP contribution is 2.48. The number of carbonyl (C=O) groups is 1. The second-order valence-corrected chi connectivity index (χ2v) is 8.58. The molecule has 1 aliphatic heterocycles. The number of ether oxygens (including phenoxy) is 1. The third-order valence-electron chi connectivity index (χ3n) is 4.99. The van der Waals surface area contributed by atoms with E-state index in [9.17, 15) is 4.79 Å². The van der Waals surface area contributed by atoms with Crippen LogP contribution in [0.2, 0.25) is 0 Å². The van der Waals surface area contributed by atoms with E-state index in [4.69, 9.17) is 4.74 Å². The second kappa shape index (κ2) is 7.71. The van der Waals surface area contributed by atoms with Crippen molar-refractivity contribution in [2.45, 2.75) is 12.3 Å². The molecule has 2 atom stereocenters. The number of carbonyl (C=O) groups excluding carboxylic acids is 1. The van der Waals surface area contributed by atoms with Crippen molar-refractivity contribution in [2.75, 3.05) is 36.5 Å². The van der Waals surface area contributed by atoms with Crippen LogP contribution in [0.15, 0.2) is 51.4 Å². The van der Waals surface area contributed by atoms with E-state index in [0.29, 0.717) is 5.92 Å². The summed E-state index contributed by atoms with van der Waals surface area (Å²) in [4.78, 5) is 15.1. The molecule has 2 aromatic carbocycles. The zero-order chi connectivity index (χ0) is 18.1. The lowest BCUT2D eigenvalue weighted by atomic mass is 10.1. The molecule has 0 aromatic heterocycles. The fourth-order valence-electron chi connectivity index (χ4n) is 3.48. The molecule has 2 fully saturated rings. The van der Waals surface area contributed by atoms with Crippen LogP contribution in [0.3, 0.4) is 0 Å². The van der Waals surface area contributed by atoms with Crippen LogP contribution in [-0.4, -0.2) is 32.2 Å². The summed E-state index contributed by atoms with van der Waals surface area (Å²) in [5.74, 6) is 0.473. The molecule has 6 heteroatoms. The molecule has 1 heterocycles. The van der Waals surface area contributed by atoms with Crippen molar-refractivity contribution >= 4 is 49.1 Å². The minimum absolute atomic E-state index is 0.0488. The van der Waals surface area contributed by atoms with Gasteiger partial charge in [-0.1, -0.05) is 44.0 Å². The molecule has 2 unspecified atom stereocenters. The molecule has 2 aliphatic rings. The lowest BCUT2D eigenvalue weighted by Crippen LogP contribution is -2.36. The van der Waals surface area contributed by atoms with Crippen molar-refractivity contribution in [3.63, 3.8) is 0 Å². The summed E-state index contributed by atoms with van der Waals surface area (Å²) in [6, 6.07) is 14.3. The number of halogens is 2. The van der Waals surface area contributed by atoms with E-state index in [2.05, 4.69) is 60.3 Å². The maximum absolute atomic E-state index is 12.8. The Morgan fingerprint density at radius 2 is 1.73 bits per heavy atom. The fraction of sp³-hybridized carbons (Fsp3) is 0.350. The second-order valence-electron chi connectivity index (χ2n) is 6.75. The normalized spacial score (nSPS) is 22.2. The minimum atomic E-state index is 0.0488. The van der Waals surface area contributed by atoms with Gasteiger partial charge in [0.15, 0.2) is 0 Å². The standard InChI is InChI=1S/C20H20Br2N2O2/c21-14-3-1-13(2-4-14)16-12-17(16)20(25)23-18-11-15(22)5-6-19(18)24-7-9-26-10-8-24/h1-6,11,16-17H,7-10,12H2,(H,23,25). The highest BCUT2D eigenvalue weighted by molar-refractivity contribution is 9.10. The number of benzene rings is 2. The van der Waals surface area contributed by atoms with Crippen LogP contribution in [0.4, 0.5) is 11.4 Å². The number of amides is 1. The zero-order valence-electron chi connectivity index (χ0n) is 14.3. The molecule has 1 saturated heterocycles. The van der Waals surface area contributed by atoms with Gasteiger partial charge in [0.05, 0.1) is 24.6 Å². The van der Waals surface area contributed by atoms with E-state index in [1.54, 1.807) is 0 Å². The van der Waals surface area contributed by atoms with Gasteiger partial charge in [0.25, 0.3) is 0 Å². The third-order valence-corrected chi connectivity index (χ3v) is 6.02. The predicted octanol–water partition coefficient (Wildman–Crippen LogP) is 4.79. The maximum atomic E-state index is 12.8. The molecular weight excluding hydrogens is 460 g/mol. The molecule has 4 nitrogen and oxygen atoms in total. The SMILES string of the molecule is O=C(Nc1cc(Br)ccc1N1CCOCC1)C1CC1c1ccc(Br)cc1. The Labute approximate surface area is 170 Å². The average molecular weight is 480 g/mol. The zero-order valence-corrected chi connectivity index (χ0v) is 17.4. The van der Waals surface area contributed by atoms with Gasteiger partial charge in [-0.15, -0.1) is 0 Å². The largest absolute Gasteiger partial charge is 0.378 e. The smallest absolute Gasteiger partial charge is 0.228 e. The molecular formula is C20H20Br2N2O2. The number of nitrogens with one attached hydrogen (secondary N) is 1. The van der Waals surface area contributed by atoms with Crippen LogP contribution in [-0.2, 0) is 9.53 Å². The first kappa shape index (κ1) is 18.0. The van der Waals surface area contributed by atoms with Crippen LogP contribution >= 0.6 is 31.9 Å². The van der Waals surface area contributed by atoms with Crippen LogP contribution in [0.5, 0.6) is 0 Å². The first-order valence-corrected chi connectivity index (χ1v) is 10.4. The highest BCUT2D eigenvalue weighted by Gasteiger charge is 2.44. The number of hydrogen-bond donors (Lipinski definition) is 1. The number of nitrogens with zero attached hydrogens (tertiary/aromatic N) is 1. The Hall–Kier alpha value is -1.37. The fourth-order valence-corrected chi connectivity index (χ4v) is 4.10. The Bertz CT molecular complexity index is 804. The minimum Gasteiger partial charge on any atom is -0.378 e. The summed E-state index contributed by atoms with van der Waals surface area (Å²) in [7, 11) is 0. The Morgan fingerprint density at radius 3 is 2.46 bits per heavy atom. The summed E-state index contributed by atoms with van der Waals surface area (Å²) in [6.07, 6.45) is 0.911. The molecule has 0 spiro atoms. The number of morpholine rings is 1. The van der Waals surface area contributed by atoms with Gasteiger partial charge in [-0.2, -0.15) is 0 Å². The van der Waals surface area contributed by atoms with E-state index in [1.165, 1.54) is 5.56 Å². The summed E-state index contributed by atoms with van der Waals surface area (Å²) in [5.41, 5.74) is 3.16. The van der Waals surface area contributed by atoms with Gasteiger partial charge in [0.2, 0.25) is 5.91 Å². The van der Waals surface area contributed by atoms with Gasteiger partial charge < -0.3 is 15.0 Å². The summed E-state index contributed by atoms with van der Waals surface area (Å²) in [5, 5.41) is 3.16. The van der Waals surface area contributed by atoms with Gasteiger partial charge in [-0.25, -0.2) is 0 Å². The first-order chi connectivity index (χ1) is 12.6. The molecule has 0 radical (unpaired) electrons. The molecule has 1 amide bonds. The van der Waals surface area contributed by atoms with Crippen molar-refractivity contribution in [1.82, 2.24) is 0 Å². The summed E-state index contributed by atoms with van der Waals surface area (Å²) >= 11 is 6.98. The highest BCUT2D eigenvalue weighted by atomic mass is 79.9. The van der Waals surface area contributed by atoms with Crippen molar-refractivity contribution in [1.29, 1.82) is 0 Å². The lowest BCUT2D eigenvalue weighted by molar-refractivity contribution is -0.117. The molecule has 26 heavy (non-hydrogen) atoms. The molecule has 1 N–H and O–H groups in total. The van der Waals surface area contributed by atoms with Crippen molar-refractivity contribution in [3.8, 4) is 0 Å². The van der Waals surface area contributed by atoms with Crippen LogP contribution in [0.1, 0.15) is 17.9 Å². The molecule has 136 valence electrons. The van der Waals surface area contributed by atoms with E-state index in [0.717, 1.165) is 53.0 Å². The monoisotopic (exact) mass is 478 g/mol. The Balaban J connectivity index is 1.48. The average Bonchev–Trinajstić information content (AvgIpc) is 3.44. The summed E-state index contributed by atoms with van der Waals surface area (Å²) < 4.78 is 7.47. The molecule has 1 aliphatic carbocycles. The van der Waals surface area contributed by atoms with Crippen LogP contribution < -0.4 is 10.2 Å². The molecule has 4 rings (SSSR count). The predicted molar refractivity (Wildman–Crippen MR) is 111 cm³/mol. The number of rotatable bonds is 4. The third kappa shape index (κ3) is 3.97. The Morgan fingerprint density at radius 1 is 1.04 bits per heavy atom. The maximum Gasteiger partial charge on any atom is 0.228 e. The van der Waals surface area contributed by atoms with Crippen LogP contribution in [0.25, 0.3) is 0 Å². The molecule has 2 aromatic rings. The van der Waals surface area contributed by atoms with Crippen LogP contribution in [0, 0.1) is 5.92 Å². The van der Waals surface area contributed by atoms with Crippen molar-refractivity contribution < 1.29 is 9.53 Å². The lowest BCUT2D eigenvalue weighted by Gasteiger charge is -2.30. The van der Waals surface area contributed by atoms with E-state index in [-0.39, 0.29) is 11.8 Å². The summed E-state index contributed by atoms with van der Waals surface area (Å²) in [6.45, 7) is 3.13.